The minimum atomic E-state index is 0.00959. The maximum Gasteiger partial charge on any atom is 0.220 e. The van der Waals surface area contributed by atoms with E-state index in [0.717, 1.165) is 13.0 Å². The van der Waals surface area contributed by atoms with Gasteiger partial charge in [0, 0.05) is 12.5 Å². The maximum absolute atomic E-state index is 11.4. The Hall–Kier alpha value is -1.43. The average molecular weight is 226 g/mol. The van der Waals surface area contributed by atoms with E-state index in [1.165, 1.54) is 6.39 Å². The highest BCUT2D eigenvalue weighted by Crippen LogP contribution is 1.91. The second kappa shape index (κ2) is 6.95. The zero-order chi connectivity index (χ0) is 11.8. The number of hydrogen-bond acceptors (Lipinski definition) is 5. The number of amides is 1. The van der Waals surface area contributed by atoms with E-state index in [2.05, 4.69) is 39.1 Å². The van der Waals surface area contributed by atoms with Crippen LogP contribution in [0.15, 0.2) is 10.9 Å². The van der Waals surface area contributed by atoms with Gasteiger partial charge in [0.05, 0.1) is 6.54 Å². The van der Waals surface area contributed by atoms with Crippen LogP contribution in [-0.2, 0) is 11.3 Å². The first-order valence-corrected chi connectivity index (χ1v) is 5.44. The van der Waals surface area contributed by atoms with Crippen LogP contribution in [0.4, 0.5) is 0 Å². The molecular formula is C10H18N4O2. The number of aromatic nitrogens is 2. The van der Waals surface area contributed by atoms with Crippen LogP contribution in [0, 0.1) is 0 Å². The van der Waals surface area contributed by atoms with Crippen molar-refractivity contribution in [3.8, 4) is 0 Å². The molecule has 2 N–H and O–H groups in total. The Morgan fingerprint density at radius 3 is 3.00 bits per heavy atom. The minimum absolute atomic E-state index is 0.00959. The van der Waals surface area contributed by atoms with Crippen LogP contribution in [0.2, 0.25) is 0 Å². The molecule has 0 saturated heterocycles. The van der Waals surface area contributed by atoms with Crippen molar-refractivity contribution in [3.05, 3.63) is 12.2 Å². The van der Waals surface area contributed by atoms with Crippen LogP contribution in [0.25, 0.3) is 0 Å². The van der Waals surface area contributed by atoms with Crippen LogP contribution >= 0.6 is 0 Å². The number of hydrogen-bond donors (Lipinski definition) is 2. The second-order valence-corrected chi connectivity index (χ2v) is 3.84. The summed E-state index contributed by atoms with van der Waals surface area (Å²) < 4.78 is 4.55. The monoisotopic (exact) mass is 226 g/mol. The molecule has 0 aliphatic heterocycles. The van der Waals surface area contributed by atoms with Gasteiger partial charge in [0.1, 0.15) is 0 Å². The van der Waals surface area contributed by atoms with Crippen molar-refractivity contribution in [2.24, 2.45) is 0 Å². The Labute approximate surface area is 94.8 Å². The van der Waals surface area contributed by atoms with E-state index in [9.17, 15) is 4.79 Å². The van der Waals surface area contributed by atoms with Crippen molar-refractivity contribution >= 4 is 5.91 Å². The molecule has 0 spiro atoms. The quantitative estimate of drug-likeness (QED) is 0.660. The summed E-state index contributed by atoms with van der Waals surface area (Å²) in [5.74, 6) is 0.504. The number of carbonyl (C=O) groups excluding carboxylic acids is 1. The standard InChI is InChI=1S/C10H18N4O2/c1-8(2)11-5-3-4-10(15)12-6-9-13-7-16-14-9/h7-8,11H,3-6H2,1-2H3,(H,12,15). The lowest BCUT2D eigenvalue weighted by Crippen LogP contribution is -2.27. The molecule has 6 nitrogen and oxygen atoms in total. The van der Waals surface area contributed by atoms with Gasteiger partial charge in [-0.1, -0.05) is 19.0 Å². The van der Waals surface area contributed by atoms with E-state index in [4.69, 9.17) is 0 Å². The van der Waals surface area contributed by atoms with Gasteiger partial charge >= 0.3 is 0 Å². The van der Waals surface area contributed by atoms with E-state index in [1.807, 2.05) is 0 Å². The highest BCUT2D eigenvalue weighted by Gasteiger charge is 2.03. The largest absolute Gasteiger partial charge is 0.349 e. The Morgan fingerprint density at radius 1 is 1.56 bits per heavy atom. The predicted octanol–water partition coefficient (Wildman–Crippen LogP) is 0.464. The van der Waals surface area contributed by atoms with Gasteiger partial charge < -0.3 is 15.2 Å². The van der Waals surface area contributed by atoms with E-state index in [1.54, 1.807) is 0 Å². The molecule has 0 fully saturated rings. The summed E-state index contributed by atoms with van der Waals surface area (Å²) in [4.78, 5) is 15.2. The van der Waals surface area contributed by atoms with Crippen molar-refractivity contribution in [1.29, 1.82) is 0 Å². The first-order valence-electron chi connectivity index (χ1n) is 5.44. The zero-order valence-electron chi connectivity index (χ0n) is 9.69. The third kappa shape index (κ3) is 5.45. The summed E-state index contributed by atoms with van der Waals surface area (Å²) in [6, 6.07) is 0.461. The van der Waals surface area contributed by atoms with Crippen molar-refractivity contribution in [2.75, 3.05) is 6.54 Å². The molecule has 1 aromatic rings. The third-order valence-electron chi connectivity index (χ3n) is 1.98. The molecule has 6 heteroatoms. The third-order valence-corrected chi connectivity index (χ3v) is 1.98. The summed E-state index contributed by atoms with van der Waals surface area (Å²) in [6.07, 6.45) is 2.59. The van der Waals surface area contributed by atoms with Crippen LogP contribution in [0.1, 0.15) is 32.5 Å². The Morgan fingerprint density at radius 2 is 2.38 bits per heavy atom. The smallest absolute Gasteiger partial charge is 0.220 e. The molecule has 0 radical (unpaired) electrons. The summed E-state index contributed by atoms with van der Waals surface area (Å²) in [5, 5.41) is 9.57. The van der Waals surface area contributed by atoms with Crippen LogP contribution in [0.3, 0.4) is 0 Å². The van der Waals surface area contributed by atoms with Gasteiger partial charge in [0.25, 0.3) is 0 Å². The van der Waals surface area contributed by atoms with Crippen molar-refractivity contribution < 1.29 is 9.32 Å². The number of nitrogens with zero attached hydrogens (tertiary/aromatic N) is 2. The molecule has 1 aromatic heterocycles. The van der Waals surface area contributed by atoms with Crippen molar-refractivity contribution in [2.45, 2.75) is 39.3 Å². The van der Waals surface area contributed by atoms with Gasteiger partial charge in [0.2, 0.25) is 12.3 Å². The lowest BCUT2D eigenvalue weighted by molar-refractivity contribution is -0.121. The van der Waals surface area contributed by atoms with Gasteiger partial charge in [-0.15, -0.1) is 0 Å². The molecule has 1 heterocycles. The first kappa shape index (κ1) is 12.6. The molecule has 1 rings (SSSR count). The van der Waals surface area contributed by atoms with Gasteiger partial charge in [-0.2, -0.15) is 4.98 Å². The molecule has 1 amide bonds. The van der Waals surface area contributed by atoms with E-state index < -0.39 is 0 Å². The highest BCUT2D eigenvalue weighted by atomic mass is 16.5. The van der Waals surface area contributed by atoms with Gasteiger partial charge in [-0.25, -0.2) is 0 Å². The molecule has 0 bridgehead atoms. The lowest BCUT2D eigenvalue weighted by Gasteiger charge is -2.07. The van der Waals surface area contributed by atoms with Gasteiger partial charge in [-0.05, 0) is 13.0 Å². The molecule has 16 heavy (non-hydrogen) atoms. The van der Waals surface area contributed by atoms with Crippen LogP contribution in [-0.4, -0.2) is 28.6 Å². The molecule has 0 atom stereocenters. The van der Waals surface area contributed by atoms with Gasteiger partial charge in [-0.3, -0.25) is 4.79 Å². The summed E-state index contributed by atoms with van der Waals surface area (Å²) in [6.45, 7) is 5.34. The first-order chi connectivity index (χ1) is 7.68. The molecular weight excluding hydrogens is 208 g/mol. The molecule has 0 aromatic carbocycles. The normalized spacial score (nSPS) is 10.7. The Kier molecular flexibility index (Phi) is 5.49. The highest BCUT2D eigenvalue weighted by molar-refractivity contribution is 5.75. The minimum Gasteiger partial charge on any atom is -0.349 e. The fourth-order valence-corrected chi connectivity index (χ4v) is 1.18. The summed E-state index contributed by atoms with van der Waals surface area (Å²) in [5.41, 5.74) is 0. The van der Waals surface area contributed by atoms with Crippen molar-refractivity contribution in [3.63, 3.8) is 0 Å². The van der Waals surface area contributed by atoms with Crippen molar-refractivity contribution in [1.82, 2.24) is 20.8 Å². The predicted molar refractivity (Wildman–Crippen MR) is 58.5 cm³/mol. The lowest BCUT2D eigenvalue weighted by atomic mass is 10.2. The van der Waals surface area contributed by atoms with E-state index in [-0.39, 0.29) is 5.91 Å². The second-order valence-electron chi connectivity index (χ2n) is 3.84. The number of carbonyl (C=O) groups is 1. The SMILES string of the molecule is CC(C)NCCCC(=O)NCc1ncon1. The van der Waals surface area contributed by atoms with Crippen LogP contribution in [0.5, 0.6) is 0 Å². The fraction of sp³-hybridized carbons (Fsp3) is 0.700. The maximum atomic E-state index is 11.4. The van der Waals surface area contributed by atoms with E-state index in [0.29, 0.717) is 24.8 Å². The fourth-order valence-electron chi connectivity index (χ4n) is 1.18. The summed E-state index contributed by atoms with van der Waals surface area (Å²) >= 11 is 0. The average Bonchev–Trinajstić information content (AvgIpc) is 2.74. The Bertz CT molecular complexity index is 298. The molecule has 0 unspecified atom stereocenters. The van der Waals surface area contributed by atoms with E-state index >= 15 is 0 Å². The molecule has 90 valence electrons. The van der Waals surface area contributed by atoms with Gasteiger partial charge in [0.15, 0.2) is 5.82 Å². The zero-order valence-corrected chi connectivity index (χ0v) is 9.69. The topological polar surface area (TPSA) is 80.0 Å². The molecule has 0 aliphatic carbocycles. The molecule has 0 saturated carbocycles. The summed E-state index contributed by atoms with van der Waals surface area (Å²) in [7, 11) is 0. The number of rotatable bonds is 7. The van der Waals surface area contributed by atoms with Crippen LogP contribution < -0.4 is 10.6 Å². The Balaban J connectivity index is 2.03. The number of nitrogens with one attached hydrogen (secondary N) is 2. The molecule has 0 aliphatic rings.